The topological polar surface area (TPSA) is 92.5 Å². The smallest absolute Gasteiger partial charge is 0.248 e. The van der Waals surface area contributed by atoms with Gasteiger partial charge in [0.05, 0.1) is 0 Å². The molecule has 0 atom stereocenters. The second-order valence-corrected chi connectivity index (χ2v) is 10.9. The number of hydrogen-bond donors (Lipinski definition) is 1. The molecule has 1 aliphatic heterocycles. The first-order valence-corrected chi connectivity index (χ1v) is 13.0. The molecule has 2 aromatic carbocycles. The van der Waals surface area contributed by atoms with E-state index in [0.29, 0.717) is 23.6 Å². The molecule has 1 fully saturated rings. The number of carbonyl (C=O) groups is 1. The van der Waals surface area contributed by atoms with E-state index in [0.717, 1.165) is 17.7 Å². The molecule has 1 aliphatic rings. The number of nitrogens with zero attached hydrogens (tertiary/aromatic N) is 2. The summed E-state index contributed by atoms with van der Waals surface area (Å²) in [5, 5.41) is 7.24. The first kappa shape index (κ1) is 26.0. The Kier molecular flexibility index (Phi) is 7.58. The van der Waals surface area contributed by atoms with Crippen LogP contribution in [0.25, 0.3) is 12.2 Å². The Morgan fingerprint density at radius 1 is 1.14 bits per heavy atom. The van der Waals surface area contributed by atoms with Gasteiger partial charge in [-0.15, -0.1) is 0 Å². The number of nitrogens with one attached hydrogen (secondary N) is 1. The van der Waals surface area contributed by atoms with Crippen molar-refractivity contribution in [2.75, 3.05) is 18.4 Å². The summed E-state index contributed by atoms with van der Waals surface area (Å²) in [7, 11) is -4.00. The largest absolute Gasteiger partial charge is 0.355 e. The van der Waals surface area contributed by atoms with Crippen molar-refractivity contribution in [3.63, 3.8) is 0 Å². The van der Waals surface area contributed by atoms with E-state index in [1.54, 1.807) is 18.2 Å². The lowest BCUT2D eigenvalue weighted by molar-refractivity contribution is -0.120. The number of amides is 1. The highest BCUT2D eigenvalue weighted by atomic mass is 35.5. The van der Waals surface area contributed by atoms with Gasteiger partial charge in [-0.05, 0) is 74.7 Å². The van der Waals surface area contributed by atoms with Crippen LogP contribution in [0.2, 0.25) is 5.02 Å². The maximum absolute atomic E-state index is 14.0. The van der Waals surface area contributed by atoms with Crippen molar-refractivity contribution in [3.05, 3.63) is 75.6 Å². The van der Waals surface area contributed by atoms with Gasteiger partial charge in [0.1, 0.15) is 17.3 Å². The summed E-state index contributed by atoms with van der Waals surface area (Å²) in [5.41, 5.74) is 1.72. The molecule has 7 nitrogen and oxygen atoms in total. The third kappa shape index (κ3) is 5.50. The molecular formula is C25H24ClF2N3O4S. The Bertz CT molecular complexity index is 1430. The van der Waals surface area contributed by atoms with Gasteiger partial charge in [-0.3, -0.25) is 4.79 Å². The molecule has 3 aromatic rings. The molecule has 1 saturated heterocycles. The van der Waals surface area contributed by atoms with Gasteiger partial charge in [0, 0.05) is 41.3 Å². The standard InChI is InChI=1S/C25H24ClF2N3O4S/c1-15-13-19(26)5-7-22(15)29-25(32)18-9-11-31(12-10-18)36(33,34)24-16(2)30-35-23(24)8-4-17-3-6-20(27)14-21(17)28/h3-8,13-14,18H,9-12H2,1-2H3,(H,29,32). The van der Waals surface area contributed by atoms with Crippen LogP contribution >= 0.6 is 11.6 Å². The first-order chi connectivity index (χ1) is 17.1. The maximum Gasteiger partial charge on any atom is 0.248 e. The molecule has 0 aliphatic carbocycles. The average molecular weight is 536 g/mol. The van der Waals surface area contributed by atoms with Crippen molar-refractivity contribution >= 4 is 45.4 Å². The van der Waals surface area contributed by atoms with Gasteiger partial charge < -0.3 is 9.84 Å². The van der Waals surface area contributed by atoms with Crippen LogP contribution in [-0.2, 0) is 14.8 Å². The second-order valence-electron chi connectivity index (χ2n) is 8.59. The van der Waals surface area contributed by atoms with E-state index in [1.165, 1.54) is 29.4 Å². The SMILES string of the molecule is Cc1cc(Cl)ccc1NC(=O)C1CCN(S(=O)(=O)c2c(C)noc2C=Cc2ccc(F)cc2F)CC1. The van der Waals surface area contributed by atoms with Gasteiger partial charge in [0.25, 0.3) is 0 Å². The van der Waals surface area contributed by atoms with Crippen LogP contribution in [0.4, 0.5) is 14.5 Å². The minimum Gasteiger partial charge on any atom is -0.355 e. The molecule has 1 N–H and O–H groups in total. The molecule has 0 unspecified atom stereocenters. The normalized spacial score (nSPS) is 15.5. The molecule has 1 amide bonds. The van der Waals surface area contributed by atoms with Crippen molar-refractivity contribution in [2.24, 2.45) is 5.92 Å². The fraction of sp³-hybridized carbons (Fsp3) is 0.280. The molecule has 4 rings (SSSR count). The molecular weight excluding hydrogens is 512 g/mol. The predicted octanol–water partition coefficient (Wildman–Crippen LogP) is 5.43. The molecule has 1 aromatic heterocycles. The Labute approximate surface area is 212 Å². The molecule has 2 heterocycles. The zero-order valence-electron chi connectivity index (χ0n) is 19.6. The fourth-order valence-corrected chi connectivity index (χ4v) is 6.04. The first-order valence-electron chi connectivity index (χ1n) is 11.2. The van der Waals surface area contributed by atoms with Crippen LogP contribution in [0.5, 0.6) is 0 Å². The van der Waals surface area contributed by atoms with Gasteiger partial charge >= 0.3 is 0 Å². The summed E-state index contributed by atoms with van der Waals surface area (Å²) in [4.78, 5) is 12.6. The summed E-state index contributed by atoms with van der Waals surface area (Å²) in [6, 6.07) is 8.25. The van der Waals surface area contributed by atoms with E-state index in [-0.39, 0.29) is 46.8 Å². The number of anilines is 1. The monoisotopic (exact) mass is 535 g/mol. The molecule has 0 spiro atoms. The summed E-state index contributed by atoms with van der Waals surface area (Å²) in [6.45, 7) is 3.62. The van der Waals surface area contributed by atoms with Crippen LogP contribution in [0.15, 0.2) is 45.8 Å². The van der Waals surface area contributed by atoms with Crippen molar-refractivity contribution < 1.29 is 26.5 Å². The maximum atomic E-state index is 14.0. The highest BCUT2D eigenvalue weighted by Crippen LogP contribution is 2.30. The summed E-state index contributed by atoms with van der Waals surface area (Å²) < 4.78 is 60.4. The number of carbonyl (C=O) groups excluding carboxylic acids is 1. The third-order valence-electron chi connectivity index (χ3n) is 6.08. The molecule has 0 saturated carbocycles. The van der Waals surface area contributed by atoms with E-state index in [1.807, 2.05) is 6.92 Å². The Morgan fingerprint density at radius 3 is 2.53 bits per heavy atom. The lowest BCUT2D eigenvalue weighted by Gasteiger charge is -2.30. The van der Waals surface area contributed by atoms with Gasteiger partial charge in [0.2, 0.25) is 15.9 Å². The zero-order valence-corrected chi connectivity index (χ0v) is 21.2. The quantitative estimate of drug-likeness (QED) is 0.454. The number of sulfonamides is 1. The summed E-state index contributed by atoms with van der Waals surface area (Å²) in [6.07, 6.45) is 3.27. The molecule has 0 bridgehead atoms. The number of aryl methyl sites for hydroxylation is 2. The van der Waals surface area contributed by atoms with Gasteiger partial charge in [-0.2, -0.15) is 4.31 Å². The lowest BCUT2D eigenvalue weighted by Crippen LogP contribution is -2.41. The molecule has 0 radical (unpaired) electrons. The number of benzene rings is 2. The van der Waals surface area contributed by atoms with Crippen LogP contribution in [0, 0.1) is 31.4 Å². The van der Waals surface area contributed by atoms with Crippen LogP contribution in [0.3, 0.4) is 0 Å². The fourth-order valence-electron chi connectivity index (χ4n) is 4.09. The van der Waals surface area contributed by atoms with Gasteiger partial charge in [-0.1, -0.05) is 16.8 Å². The molecule has 190 valence electrons. The van der Waals surface area contributed by atoms with Gasteiger partial charge in [0.15, 0.2) is 10.7 Å². The van der Waals surface area contributed by atoms with Crippen molar-refractivity contribution in [1.82, 2.24) is 9.46 Å². The molecule has 36 heavy (non-hydrogen) atoms. The predicted molar refractivity (Wildman–Crippen MR) is 133 cm³/mol. The van der Waals surface area contributed by atoms with E-state index < -0.39 is 21.7 Å². The van der Waals surface area contributed by atoms with E-state index in [4.69, 9.17) is 16.1 Å². The summed E-state index contributed by atoms with van der Waals surface area (Å²) in [5.74, 6) is -2.10. The van der Waals surface area contributed by atoms with Gasteiger partial charge in [-0.25, -0.2) is 17.2 Å². The van der Waals surface area contributed by atoms with Crippen LogP contribution in [-0.4, -0.2) is 36.9 Å². The second kappa shape index (κ2) is 10.5. The summed E-state index contributed by atoms with van der Waals surface area (Å²) >= 11 is 5.97. The highest BCUT2D eigenvalue weighted by Gasteiger charge is 2.36. The minimum atomic E-state index is -4.00. The van der Waals surface area contributed by atoms with Crippen molar-refractivity contribution in [1.29, 1.82) is 0 Å². The van der Waals surface area contributed by atoms with Crippen LogP contribution in [0.1, 0.15) is 35.4 Å². The number of hydrogen-bond acceptors (Lipinski definition) is 5. The zero-order chi connectivity index (χ0) is 26.0. The lowest BCUT2D eigenvalue weighted by atomic mass is 9.97. The van der Waals surface area contributed by atoms with Crippen molar-refractivity contribution in [3.8, 4) is 0 Å². The highest BCUT2D eigenvalue weighted by molar-refractivity contribution is 7.89. The Hall–Kier alpha value is -3.08. The number of piperidine rings is 1. The minimum absolute atomic E-state index is 0.0608. The van der Waals surface area contributed by atoms with Crippen LogP contribution < -0.4 is 5.32 Å². The van der Waals surface area contributed by atoms with Crippen molar-refractivity contribution in [2.45, 2.75) is 31.6 Å². The number of aromatic nitrogens is 1. The average Bonchev–Trinajstić information content (AvgIpc) is 3.21. The molecule has 11 heteroatoms. The Morgan fingerprint density at radius 2 is 1.86 bits per heavy atom. The van der Waals surface area contributed by atoms with E-state index in [2.05, 4.69) is 10.5 Å². The Balaban J connectivity index is 1.46. The number of halogens is 3. The van der Waals surface area contributed by atoms with E-state index >= 15 is 0 Å². The van der Waals surface area contributed by atoms with E-state index in [9.17, 15) is 22.0 Å². The number of rotatable bonds is 6. The third-order valence-corrected chi connectivity index (χ3v) is 8.37.